The number of carbonyl (C=O) groups is 3. The molecule has 0 bridgehead atoms. The number of hydrogen-bond acceptors (Lipinski definition) is 4. The first kappa shape index (κ1) is 19.9. The topological polar surface area (TPSA) is 105 Å². The molecule has 1 aromatic rings. The van der Waals surface area contributed by atoms with Crippen molar-refractivity contribution < 1.29 is 14.4 Å². The molecule has 0 unspecified atom stereocenters. The Labute approximate surface area is 167 Å². The Bertz CT molecular complexity index is 758. The normalized spacial score (nSPS) is 24.6. The van der Waals surface area contributed by atoms with Gasteiger partial charge in [0.05, 0.1) is 10.0 Å². The van der Waals surface area contributed by atoms with Crippen LogP contribution in [0.5, 0.6) is 0 Å². The maximum Gasteiger partial charge on any atom is 0.251 e. The predicted molar refractivity (Wildman–Crippen MR) is 103 cm³/mol. The summed E-state index contributed by atoms with van der Waals surface area (Å²) in [6, 6.07) is 3.28. The van der Waals surface area contributed by atoms with Crippen molar-refractivity contribution in [2.24, 2.45) is 5.73 Å². The molecule has 3 atom stereocenters. The lowest BCUT2D eigenvalue weighted by atomic mass is 10.0. The molecule has 7 nitrogen and oxygen atoms in total. The number of hydrogen-bond donors (Lipinski definition) is 3. The molecule has 2 saturated heterocycles. The van der Waals surface area contributed by atoms with Gasteiger partial charge in [-0.15, -0.1) is 0 Å². The highest BCUT2D eigenvalue weighted by Crippen LogP contribution is 2.25. The quantitative estimate of drug-likeness (QED) is 0.612. The van der Waals surface area contributed by atoms with E-state index in [9.17, 15) is 14.4 Å². The fourth-order valence-corrected chi connectivity index (χ4v) is 3.86. The van der Waals surface area contributed by atoms with Gasteiger partial charge in [-0.2, -0.15) is 0 Å². The monoisotopic (exact) mass is 412 g/mol. The third-order valence-electron chi connectivity index (χ3n) is 4.97. The zero-order valence-corrected chi connectivity index (χ0v) is 16.2. The van der Waals surface area contributed by atoms with Crippen molar-refractivity contribution in [3.63, 3.8) is 0 Å². The van der Waals surface area contributed by atoms with Crippen LogP contribution >= 0.6 is 23.2 Å². The second-order valence-corrected chi connectivity index (χ2v) is 7.70. The van der Waals surface area contributed by atoms with Crippen molar-refractivity contribution >= 4 is 40.9 Å². The first-order valence-corrected chi connectivity index (χ1v) is 9.73. The summed E-state index contributed by atoms with van der Waals surface area (Å²) in [5.74, 6) is -0.577. The molecule has 3 amide bonds. The molecular weight excluding hydrogens is 391 g/mol. The van der Waals surface area contributed by atoms with E-state index >= 15 is 0 Å². The fourth-order valence-electron chi connectivity index (χ4n) is 3.56. The molecule has 2 aliphatic heterocycles. The Morgan fingerprint density at radius 1 is 1.26 bits per heavy atom. The summed E-state index contributed by atoms with van der Waals surface area (Å²) in [5.41, 5.74) is 5.86. The van der Waals surface area contributed by atoms with Crippen LogP contribution < -0.4 is 16.4 Å². The number of rotatable bonds is 6. The maximum absolute atomic E-state index is 12.7. The standard InChI is InChI=1S/C18H22Cl2N4O3/c19-12-5-4-10(7-13(12)20)16(25)22-11-8-15-17(26)23-14(3-1-2-6-21)18(27)24(15)9-11/h4-5,7,11,14-15H,1-3,6,8-9,21H2,(H,22,25)(H,23,26)/t11-,14-,15-/m0/s1. The minimum atomic E-state index is -0.539. The van der Waals surface area contributed by atoms with E-state index in [2.05, 4.69) is 10.6 Å². The number of carbonyl (C=O) groups excluding carboxylic acids is 3. The van der Waals surface area contributed by atoms with E-state index in [4.69, 9.17) is 28.9 Å². The van der Waals surface area contributed by atoms with Crippen LogP contribution in [0.2, 0.25) is 10.0 Å². The van der Waals surface area contributed by atoms with Crippen LogP contribution in [0.1, 0.15) is 36.0 Å². The SMILES string of the molecule is NCCCC[C@@H]1NC(=O)[C@@H]2C[C@H](NC(=O)c3ccc(Cl)c(Cl)c3)CN2C1=O. The molecule has 2 aliphatic rings. The average molecular weight is 413 g/mol. The van der Waals surface area contributed by atoms with Gasteiger partial charge < -0.3 is 21.3 Å². The molecular formula is C18H22Cl2N4O3. The summed E-state index contributed by atoms with van der Waals surface area (Å²) < 4.78 is 0. The van der Waals surface area contributed by atoms with Crippen LogP contribution in [0, 0.1) is 0 Å². The Kier molecular flexibility index (Phi) is 6.24. The average Bonchev–Trinajstić information content (AvgIpc) is 3.06. The Morgan fingerprint density at radius 3 is 2.74 bits per heavy atom. The first-order valence-electron chi connectivity index (χ1n) is 8.97. The van der Waals surface area contributed by atoms with Crippen LogP contribution in [-0.2, 0) is 9.59 Å². The number of unbranched alkanes of at least 4 members (excludes halogenated alkanes) is 1. The highest BCUT2D eigenvalue weighted by Gasteiger charge is 2.46. The number of amides is 3. The van der Waals surface area contributed by atoms with Crippen LogP contribution in [0.4, 0.5) is 0 Å². The van der Waals surface area contributed by atoms with E-state index in [-0.39, 0.29) is 23.8 Å². The lowest BCUT2D eigenvalue weighted by molar-refractivity contribution is -0.147. The Balaban J connectivity index is 1.62. The zero-order valence-electron chi connectivity index (χ0n) is 14.7. The number of fused-ring (bicyclic) bond motifs is 1. The number of halogens is 2. The second-order valence-electron chi connectivity index (χ2n) is 6.89. The highest BCUT2D eigenvalue weighted by atomic mass is 35.5. The molecule has 0 saturated carbocycles. The molecule has 4 N–H and O–H groups in total. The van der Waals surface area contributed by atoms with Crippen molar-refractivity contribution in [2.45, 2.75) is 43.8 Å². The number of benzene rings is 1. The second kappa shape index (κ2) is 8.46. The lowest BCUT2D eigenvalue weighted by Gasteiger charge is -2.34. The fraction of sp³-hybridized carbons (Fsp3) is 0.500. The third kappa shape index (κ3) is 4.36. The smallest absolute Gasteiger partial charge is 0.251 e. The highest BCUT2D eigenvalue weighted by molar-refractivity contribution is 6.42. The maximum atomic E-state index is 12.7. The molecule has 9 heteroatoms. The molecule has 27 heavy (non-hydrogen) atoms. The molecule has 0 aliphatic carbocycles. The first-order chi connectivity index (χ1) is 12.9. The van der Waals surface area contributed by atoms with Crippen molar-refractivity contribution in [1.82, 2.24) is 15.5 Å². The largest absolute Gasteiger partial charge is 0.347 e. The molecule has 1 aromatic carbocycles. The van der Waals surface area contributed by atoms with E-state index in [1.807, 2.05) is 0 Å². The molecule has 2 heterocycles. The summed E-state index contributed by atoms with van der Waals surface area (Å²) >= 11 is 11.8. The van der Waals surface area contributed by atoms with Crippen LogP contribution in [0.25, 0.3) is 0 Å². The van der Waals surface area contributed by atoms with Gasteiger partial charge in [0.15, 0.2) is 0 Å². The minimum absolute atomic E-state index is 0.0945. The third-order valence-corrected chi connectivity index (χ3v) is 5.70. The molecule has 2 fully saturated rings. The van der Waals surface area contributed by atoms with Crippen molar-refractivity contribution in [3.8, 4) is 0 Å². The van der Waals surface area contributed by atoms with Crippen molar-refractivity contribution in [1.29, 1.82) is 0 Å². The number of piperazine rings is 1. The van der Waals surface area contributed by atoms with E-state index in [1.165, 1.54) is 6.07 Å². The van der Waals surface area contributed by atoms with Crippen LogP contribution in [0.15, 0.2) is 18.2 Å². The Hall–Kier alpha value is -1.83. The molecule has 0 aromatic heterocycles. The lowest BCUT2D eigenvalue weighted by Crippen LogP contribution is -2.61. The number of nitrogens with one attached hydrogen (secondary N) is 2. The van der Waals surface area contributed by atoms with Gasteiger partial charge in [0.1, 0.15) is 12.1 Å². The predicted octanol–water partition coefficient (Wildman–Crippen LogP) is 1.32. The molecule has 0 radical (unpaired) electrons. The summed E-state index contributed by atoms with van der Waals surface area (Å²) in [6.45, 7) is 0.876. The number of nitrogens with two attached hydrogens (primary N) is 1. The molecule has 0 spiro atoms. The summed E-state index contributed by atoms with van der Waals surface area (Å²) in [5, 5.41) is 6.34. The molecule has 146 valence electrons. The van der Waals surface area contributed by atoms with Crippen molar-refractivity contribution in [2.75, 3.05) is 13.1 Å². The van der Waals surface area contributed by atoms with Gasteiger partial charge in [-0.05, 0) is 50.4 Å². The number of nitrogens with zero attached hydrogens (tertiary/aromatic N) is 1. The zero-order chi connectivity index (χ0) is 19.6. The Morgan fingerprint density at radius 2 is 2.04 bits per heavy atom. The summed E-state index contributed by atoms with van der Waals surface area (Å²) in [7, 11) is 0. The summed E-state index contributed by atoms with van der Waals surface area (Å²) in [6.07, 6.45) is 2.56. The van der Waals surface area contributed by atoms with Gasteiger partial charge in [0.2, 0.25) is 11.8 Å². The van der Waals surface area contributed by atoms with Gasteiger partial charge in [-0.1, -0.05) is 23.2 Å². The summed E-state index contributed by atoms with van der Waals surface area (Å²) in [4.78, 5) is 39.1. The van der Waals surface area contributed by atoms with Gasteiger partial charge in [-0.3, -0.25) is 14.4 Å². The van der Waals surface area contributed by atoms with E-state index in [1.54, 1.807) is 17.0 Å². The van der Waals surface area contributed by atoms with Crippen molar-refractivity contribution in [3.05, 3.63) is 33.8 Å². The minimum Gasteiger partial charge on any atom is -0.347 e. The van der Waals surface area contributed by atoms with E-state index < -0.39 is 12.1 Å². The van der Waals surface area contributed by atoms with Gasteiger partial charge in [0.25, 0.3) is 5.91 Å². The van der Waals surface area contributed by atoms with Gasteiger partial charge >= 0.3 is 0 Å². The van der Waals surface area contributed by atoms with E-state index in [0.717, 1.165) is 12.8 Å². The van der Waals surface area contributed by atoms with E-state index in [0.29, 0.717) is 41.5 Å². The van der Waals surface area contributed by atoms with Crippen LogP contribution in [0.3, 0.4) is 0 Å². The molecule has 3 rings (SSSR count). The van der Waals surface area contributed by atoms with Crippen LogP contribution in [-0.4, -0.2) is 53.8 Å². The van der Waals surface area contributed by atoms with Gasteiger partial charge in [-0.25, -0.2) is 0 Å². The van der Waals surface area contributed by atoms with Gasteiger partial charge in [0, 0.05) is 18.2 Å².